The molecule has 27 heavy (non-hydrogen) atoms. The van der Waals surface area contributed by atoms with Crippen molar-refractivity contribution in [1.82, 2.24) is 10.2 Å². The molecule has 5 nitrogen and oxygen atoms in total. The Labute approximate surface area is 160 Å². The Kier molecular flexibility index (Phi) is 6.24. The Morgan fingerprint density at radius 2 is 1.56 bits per heavy atom. The van der Waals surface area contributed by atoms with Crippen LogP contribution in [0.15, 0.2) is 48.5 Å². The lowest BCUT2D eigenvalue weighted by atomic mass is 10.0. The highest BCUT2D eigenvalue weighted by Gasteiger charge is 2.24. The third kappa shape index (κ3) is 5.17. The molecule has 2 aromatic carbocycles. The summed E-state index contributed by atoms with van der Waals surface area (Å²) < 4.78 is 0. The van der Waals surface area contributed by atoms with Gasteiger partial charge in [-0.25, -0.2) is 0 Å². The highest BCUT2D eigenvalue weighted by molar-refractivity contribution is 6.39. The van der Waals surface area contributed by atoms with Crippen LogP contribution in [-0.2, 0) is 16.1 Å². The summed E-state index contributed by atoms with van der Waals surface area (Å²) in [6.45, 7) is 6.59. The van der Waals surface area contributed by atoms with Crippen LogP contribution in [0.2, 0.25) is 0 Å². The van der Waals surface area contributed by atoms with Gasteiger partial charge in [-0.15, -0.1) is 0 Å². The Morgan fingerprint density at radius 3 is 2.19 bits per heavy atom. The Morgan fingerprint density at radius 1 is 0.926 bits per heavy atom. The minimum absolute atomic E-state index is 0.0493. The largest absolute Gasteiger partial charge is 0.345 e. The van der Waals surface area contributed by atoms with Crippen LogP contribution in [0.25, 0.3) is 0 Å². The first kappa shape index (κ1) is 19.1. The predicted octanol–water partition coefficient (Wildman–Crippen LogP) is 3.02. The van der Waals surface area contributed by atoms with Crippen LogP contribution < -0.4 is 10.6 Å². The van der Waals surface area contributed by atoms with Crippen molar-refractivity contribution < 1.29 is 9.59 Å². The number of para-hydroxylation sites is 1. The SMILES string of the molecule is Cc1cccc(C)c1NC(=O)C(=O)NC1CCN(Cc2ccccc2)CC1. The monoisotopic (exact) mass is 365 g/mol. The molecule has 0 unspecified atom stereocenters. The van der Waals surface area contributed by atoms with Crippen LogP contribution in [-0.4, -0.2) is 35.8 Å². The van der Waals surface area contributed by atoms with Crippen molar-refractivity contribution >= 4 is 17.5 Å². The van der Waals surface area contributed by atoms with E-state index in [2.05, 4.69) is 39.8 Å². The summed E-state index contributed by atoms with van der Waals surface area (Å²) in [5, 5.41) is 5.63. The third-order valence-electron chi connectivity index (χ3n) is 5.10. The van der Waals surface area contributed by atoms with Gasteiger partial charge >= 0.3 is 11.8 Å². The molecule has 0 radical (unpaired) electrons. The fourth-order valence-corrected chi connectivity index (χ4v) is 3.51. The summed E-state index contributed by atoms with van der Waals surface area (Å²) in [4.78, 5) is 26.9. The zero-order valence-corrected chi connectivity index (χ0v) is 16.0. The average Bonchev–Trinajstić information content (AvgIpc) is 2.67. The van der Waals surface area contributed by atoms with E-state index in [1.54, 1.807) is 0 Å². The number of nitrogens with one attached hydrogen (secondary N) is 2. The molecule has 2 aromatic rings. The molecule has 0 atom stereocenters. The number of hydrogen-bond acceptors (Lipinski definition) is 3. The highest BCUT2D eigenvalue weighted by atomic mass is 16.2. The maximum Gasteiger partial charge on any atom is 0.313 e. The molecule has 0 bridgehead atoms. The van der Waals surface area contributed by atoms with E-state index in [-0.39, 0.29) is 6.04 Å². The van der Waals surface area contributed by atoms with Gasteiger partial charge in [0.1, 0.15) is 0 Å². The van der Waals surface area contributed by atoms with Crippen molar-refractivity contribution in [3.63, 3.8) is 0 Å². The molecule has 0 spiro atoms. The third-order valence-corrected chi connectivity index (χ3v) is 5.10. The smallest absolute Gasteiger partial charge is 0.313 e. The lowest BCUT2D eigenvalue weighted by molar-refractivity contribution is -0.136. The zero-order valence-electron chi connectivity index (χ0n) is 16.0. The average molecular weight is 365 g/mol. The molecule has 0 saturated carbocycles. The molecule has 0 aliphatic carbocycles. The van der Waals surface area contributed by atoms with E-state index in [0.717, 1.165) is 49.3 Å². The summed E-state index contributed by atoms with van der Waals surface area (Å²) in [7, 11) is 0. The molecule has 142 valence electrons. The lowest BCUT2D eigenvalue weighted by Crippen LogP contribution is -2.47. The molecular formula is C22H27N3O2. The predicted molar refractivity (Wildman–Crippen MR) is 107 cm³/mol. The first-order valence-corrected chi connectivity index (χ1v) is 9.47. The van der Waals surface area contributed by atoms with Gasteiger partial charge in [0.25, 0.3) is 0 Å². The second-order valence-electron chi connectivity index (χ2n) is 7.23. The number of nitrogens with zero attached hydrogens (tertiary/aromatic N) is 1. The molecule has 1 saturated heterocycles. The molecule has 1 aliphatic heterocycles. The number of amides is 2. The maximum atomic E-state index is 12.3. The van der Waals surface area contributed by atoms with E-state index >= 15 is 0 Å². The topological polar surface area (TPSA) is 61.4 Å². The summed E-state index contributed by atoms with van der Waals surface area (Å²) in [5.74, 6) is -1.15. The van der Waals surface area contributed by atoms with Crippen LogP contribution in [0.4, 0.5) is 5.69 Å². The van der Waals surface area contributed by atoms with Gasteiger partial charge in [-0.05, 0) is 43.4 Å². The maximum absolute atomic E-state index is 12.3. The van der Waals surface area contributed by atoms with Gasteiger partial charge in [-0.2, -0.15) is 0 Å². The fourth-order valence-electron chi connectivity index (χ4n) is 3.51. The second kappa shape index (κ2) is 8.82. The van der Waals surface area contributed by atoms with Crippen molar-refractivity contribution in [2.24, 2.45) is 0 Å². The van der Waals surface area contributed by atoms with Gasteiger partial charge in [0.15, 0.2) is 0 Å². The number of likely N-dealkylation sites (tertiary alicyclic amines) is 1. The van der Waals surface area contributed by atoms with Crippen LogP contribution >= 0.6 is 0 Å². The van der Waals surface area contributed by atoms with Crippen LogP contribution in [0, 0.1) is 13.8 Å². The number of anilines is 1. The van der Waals surface area contributed by atoms with Gasteiger partial charge in [0.05, 0.1) is 0 Å². The molecular weight excluding hydrogens is 338 g/mol. The van der Waals surface area contributed by atoms with E-state index in [0.29, 0.717) is 0 Å². The van der Waals surface area contributed by atoms with Crippen LogP contribution in [0.3, 0.4) is 0 Å². The molecule has 1 fully saturated rings. The zero-order chi connectivity index (χ0) is 19.2. The number of carbonyl (C=O) groups is 2. The minimum atomic E-state index is -0.598. The van der Waals surface area contributed by atoms with Gasteiger partial charge < -0.3 is 10.6 Å². The minimum Gasteiger partial charge on any atom is -0.345 e. The van der Waals surface area contributed by atoms with E-state index in [9.17, 15) is 9.59 Å². The van der Waals surface area contributed by atoms with Gasteiger partial charge in [-0.1, -0.05) is 48.5 Å². The van der Waals surface area contributed by atoms with Gasteiger partial charge in [0, 0.05) is 31.4 Å². The normalized spacial score (nSPS) is 15.3. The number of aryl methyl sites for hydroxylation is 2. The Bertz CT molecular complexity index is 776. The van der Waals surface area contributed by atoms with Gasteiger partial charge in [-0.3, -0.25) is 14.5 Å². The molecule has 3 rings (SSSR count). The van der Waals surface area contributed by atoms with Crippen molar-refractivity contribution in [3.8, 4) is 0 Å². The number of carbonyl (C=O) groups excluding carboxylic acids is 2. The molecule has 1 heterocycles. The van der Waals surface area contributed by atoms with E-state index in [1.807, 2.05) is 38.1 Å². The number of piperidine rings is 1. The summed E-state index contributed by atoms with van der Waals surface area (Å²) in [5.41, 5.74) is 3.92. The summed E-state index contributed by atoms with van der Waals surface area (Å²) in [6, 6.07) is 16.2. The molecule has 2 amide bonds. The second-order valence-corrected chi connectivity index (χ2v) is 7.23. The highest BCUT2D eigenvalue weighted by Crippen LogP contribution is 2.19. The first-order chi connectivity index (χ1) is 13.0. The molecule has 1 aliphatic rings. The summed E-state index contributed by atoms with van der Waals surface area (Å²) in [6.07, 6.45) is 1.71. The van der Waals surface area contributed by atoms with Crippen molar-refractivity contribution in [2.45, 2.75) is 39.3 Å². The molecule has 2 N–H and O–H groups in total. The number of hydrogen-bond donors (Lipinski definition) is 2. The first-order valence-electron chi connectivity index (χ1n) is 9.47. The van der Waals surface area contributed by atoms with Crippen molar-refractivity contribution in [2.75, 3.05) is 18.4 Å². The van der Waals surface area contributed by atoms with E-state index in [1.165, 1.54) is 5.56 Å². The van der Waals surface area contributed by atoms with Gasteiger partial charge in [0.2, 0.25) is 0 Å². The van der Waals surface area contributed by atoms with Crippen LogP contribution in [0.5, 0.6) is 0 Å². The van der Waals surface area contributed by atoms with Crippen LogP contribution in [0.1, 0.15) is 29.5 Å². The lowest BCUT2D eigenvalue weighted by Gasteiger charge is -2.32. The Hall–Kier alpha value is -2.66. The van der Waals surface area contributed by atoms with E-state index < -0.39 is 11.8 Å². The Balaban J connectivity index is 1.47. The van der Waals surface area contributed by atoms with Crippen molar-refractivity contribution in [3.05, 3.63) is 65.2 Å². The van der Waals surface area contributed by atoms with E-state index in [4.69, 9.17) is 0 Å². The number of benzene rings is 2. The summed E-state index contributed by atoms with van der Waals surface area (Å²) >= 11 is 0. The molecule has 0 aromatic heterocycles. The standard InChI is InChI=1S/C22H27N3O2/c1-16-7-6-8-17(2)20(16)24-22(27)21(26)23-19-11-13-25(14-12-19)15-18-9-4-3-5-10-18/h3-10,19H,11-15H2,1-2H3,(H,23,26)(H,24,27). The number of rotatable bonds is 4. The molecule has 5 heteroatoms. The quantitative estimate of drug-likeness (QED) is 0.819. The van der Waals surface area contributed by atoms with Crippen molar-refractivity contribution in [1.29, 1.82) is 0 Å². The fraction of sp³-hybridized carbons (Fsp3) is 0.364.